The van der Waals surface area contributed by atoms with Gasteiger partial charge in [0.15, 0.2) is 0 Å². The average molecular weight is 147 g/mol. The first-order chi connectivity index (χ1) is 5.41. The molecule has 0 aromatic rings. The van der Waals surface area contributed by atoms with Crippen molar-refractivity contribution in [3.05, 3.63) is 0 Å². The quantitative estimate of drug-likeness (QED) is 0.580. The van der Waals surface area contributed by atoms with Gasteiger partial charge >= 0.3 is 0 Å². The van der Waals surface area contributed by atoms with Gasteiger partial charge in [-0.15, -0.1) is 0 Å². The number of hydrogen-bond acceptors (Lipinski definition) is 1. The predicted molar refractivity (Wildman–Crippen MR) is 40.5 cm³/mol. The summed E-state index contributed by atoms with van der Waals surface area (Å²) >= 11 is 0. The van der Waals surface area contributed by atoms with Crippen LogP contribution in [-0.4, -0.2) is 6.54 Å². The molecule has 1 heteroatoms. The molecule has 0 amide bonds. The largest absolute Gasteiger partial charge is 0.330 e. The van der Waals surface area contributed by atoms with Crippen LogP contribution in [0.15, 0.2) is 0 Å². The zero-order chi connectivity index (χ0) is 6.96. The average Bonchev–Trinajstić information content (AvgIpc) is 2.27. The molecule has 6 aliphatic rings. The van der Waals surface area contributed by atoms with Gasteiger partial charge in [0.25, 0.3) is 0 Å². The highest BCUT2D eigenvalue weighted by Crippen LogP contribution is 2.99. The van der Waals surface area contributed by atoms with Gasteiger partial charge in [-0.3, -0.25) is 0 Å². The van der Waals surface area contributed by atoms with Crippen LogP contribution in [0.3, 0.4) is 0 Å². The Kier molecular flexibility index (Phi) is 0.421. The molecule has 6 rings (SSSR count). The van der Waals surface area contributed by atoms with Crippen LogP contribution in [0.1, 0.15) is 6.42 Å². The highest BCUT2D eigenvalue weighted by atomic mass is 15.0. The fourth-order valence-electron chi connectivity index (χ4n) is 6.55. The summed E-state index contributed by atoms with van der Waals surface area (Å²) < 4.78 is 0. The van der Waals surface area contributed by atoms with E-state index in [0.29, 0.717) is 0 Å². The zero-order valence-electron chi connectivity index (χ0n) is 6.53. The summed E-state index contributed by atoms with van der Waals surface area (Å²) in [6.07, 6.45) is 1.61. The molecule has 0 aliphatic heterocycles. The van der Waals surface area contributed by atoms with Crippen LogP contribution in [0.5, 0.6) is 0 Å². The van der Waals surface area contributed by atoms with Gasteiger partial charge in [0.2, 0.25) is 0 Å². The maximum atomic E-state index is 5.89. The predicted octanol–water partition coefficient (Wildman–Crippen LogP) is 0.703. The highest BCUT2D eigenvalue weighted by molar-refractivity contribution is 5.43. The van der Waals surface area contributed by atoms with Crippen molar-refractivity contribution in [2.75, 3.05) is 6.54 Å². The summed E-state index contributed by atoms with van der Waals surface area (Å²) in [5.74, 6) is 8.27. The Morgan fingerprint density at radius 3 is 2.36 bits per heavy atom. The summed E-state index contributed by atoms with van der Waals surface area (Å²) in [5, 5.41) is 0. The molecule has 1 nitrogen and oxygen atoms in total. The molecule has 0 heterocycles. The van der Waals surface area contributed by atoms with E-state index in [1.165, 1.54) is 23.7 Å². The minimum absolute atomic E-state index is 0.771. The molecule has 4 unspecified atom stereocenters. The Morgan fingerprint density at radius 2 is 1.82 bits per heavy atom. The highest BCUT2D eigenvalue weighted by Gasteiger charge is 2.96. The molecule has 11 heavy (non-hydrogen) atoms. The van der Waals surface area contributed by atoms with Crippen molar-refractivity contribution in [1.82, 2.24) is 0 Å². The summed E-state index contributed by atoms with van der Waals surface area (Å²) in [7, 11) is 0. The SMILES string of the molecule is NCC12C3C4CC5C3C1C5C42. The van der Waals surface area contributed by atoms with Gasteiger partial charge in [0.1, 0.15) is 0 Å². The fraction of sp³-hybridized carbons (Fsp3) is 1.00. The van der Waals surface area contributed by atoms with Gasteiger partial charge in [0, 0.05) is 0 Å². The van der Waals surface area contributed by atoms with E-state index in [4.69, 9.17) is 5.73 Å². The molecule has 0 saturated heterocycles. The molecular weight excluding hydrogens is 134 g/mol. The van der Waals surface area contributed by atoms with Gasteiger partial charge in [-0.2, -0.15) is 0 Å². The van der Waals surface area contributed by atoms with Crippen LogP contribution >= 0.6 is 0 Å². The van der Waals surface area contributed by atoms with E-state index in [2.05, 4.69) is 0 Å². The molecule has 0 radical (unpaired) electrons. The Bertz CT molecular complexity index is 261. The molecule has 58 valence electrons. The van der Waals surface area contributed by atoms with Crippen molar-refractivity contribution in [2.24, 2.45) is 52.6 Å². The first kappa shape index (κ1) is 4.86. The number of rotatable bonds is 1. The van der Waals surface area contributed by atoms with Crippen LogP contribution in [-0.2, 0) is 0 Å². The standard InChI is InChI=1S/C10H13N/c11-2-10-7-4-1-3-5(7)9(10)6(3)8(4)10/h3-9H,1-2,11H2. The Labute approximate surface area is 66.3 Å². The Morgan fingerprint density at radius 1 is 1.09 bits per heavy atom. The lowest BCUT2D eigenvalue weighted by Crippen LogP contribution is -2.90. The number of nitrogens with two attached hydrogens (primary N) is 1. The summed E-state index contributed by atoms with van der Waals surface area (Å²) in [4.78, 5) is 0. The number of hydrogen-bond donors (Lipinski definition) is 1. The van der Waals surface area contributed by atoms with Crippen LogP contribution in [0, 0.1) is 46.8 Å². The van der Waals surface area contributed by atoms with Crippen LogP contribution < -0.4 is 5.73 Å². The lowest BCUT2D eigenvalue weighted by atomic mass is 9.13. The van der Waals surface area contributed by atoms with E-state index in [-0.39, 0.29) is 0 Å². The summed E-state index contributed by atoms with van der Waals surface area (Å²) in [5.41, 5.74) is 6.66. The Balaban J connectivity index is 1.79. The second-order valence-electron chi connectivity index (χ2n) is 5.61. The normalized spacial score (nSPS) is 89.7. The summed E-state index contributed by atoms with van der Waals surface area (Å²) in [6.45, 7) is 1.03. The molecule has 2 N–H and O–H groups in total. The van der Waals surface area contributed by atoms with Gasteiger partial charge in [-0.1, -0.05) is 0 Å². The first-order valence-electron chi connectivity index (χ1n) is 5.11. The third-order valence-corrected chi connectivity index (χ3v) is 6.33. The molecule has 6 saturated carbocycles. The van der Waals surface area contributed by atoms with Gasteiger partial charge in [0.05, 0.1) is 0 Å². The van der Waals surface area contributed by atoms with Crippen LogP contribution in [0.25, 0.3) is 0 Å². The molecular formula is C10H13N. The molecule has 6 fully saturated rings. The van der Waals surface area contributed by atoms with Crippen molar-refractivity contribution in [1.29, 1.82) is 0 Å². The van der Waals surface area contributed by atoms with Gasteiger partial charge < -0.3 is 5.73 Å². The molecule has 0 aromatic carbocycles. The maximum Gasteiger partial charge on any atom is -0.00119 e. The molecule has 0 spiro atoms. The maximum absolute atomic E-state index is 5.89. The van der Waals surface area contributed by atoms with Gasteiger partial charge in [-0.05, 0) is 59.8 Å². The van der Waals surface area contributed by atoms with Crippen molar-refractivity contribution >= 4 is 0 Å². The topological polar surface area (TPSA) is 26.0 Å². The van der Waals surface area contributed by atoms with Crippen molar-refractivity contribution < 1.29 is 0 Å². The van der Waals surface area contributed by atoms with Crippen molar-refractivity contribution in [2.45, 2.75) is 6.42 Å². The second kappa shape index (κ2) is 0.953. The first-order valence-corrected chi connectivity index (χ1v) is 5.11. The minimum atomic E-state index is 0.771. The smallest absolute Gasteiger partial charge is 0.00119 e. The third kappa shape index (κ3) is 0.195. The van der Waals surface area contributed by atoms with E-state index in [0.717, 1.165) is 29.7 Å². The zero-order valence-corrected chi connectivity index (χ0v) is 6.53. The van der Waals surface area contributed by atoms with Gasteiger partial charge in [-0.25, -0.2) is 0 Å². The van der Waals surface area contributed by atoms with E-state index in [1.54, 1.807) is 6.42 Å². The lowest BCUT2D eigenvalue weighted by molar-refractivity contribution is -0.443. The molecule has 0 aromatic heterocycles. The van der Waals surface area contributed by atoms with Crippen molar-refractivity contribution in [3.8, 4) is 0 Å². The van der Waals surface area contributed by atoms with E-state index >= 15 is 0 Å². The monoisotopic (exact) mass is 147 g/mol. The molecule has 2 bridgehead atoms. The van der Waals surface area contributed by atoms with Crippen LogP contribution in [0.4, 0.5) is 0 Å². The van der Waals surface area contributed by atoms with Crippen molar-refractivity contribution in [3.63, 3.8) is 0 Å². The lowest BCUT2D eigenvalue weighted by Gasteiger charge is -2.91. The molecule has 6 aliphatic carbocycles. The fourth-order valence-corrected chi connectivity index (χ4v) is 6.55. The summed E-state index contributed by atoms with van der Waals surface area (Å²) in [6, 6.07) is 0. The van der Waals surface area contributed by atoms with E-state index in [9.17, 15) is 0 Å². The minimum Gasteiger partial charge on any atom is -0.330 e. The second-order valence-corrected chi connectivity index (χ2v) is 5.61. The molecule has 4 atom stereocenters. The third-order valence-electron chi connectivity index (χ3n) is 6.33. The van der Waals surface area contributed by atoms with E-state index < -0.39 is 0 Å². The van der Waals surface area contributed by atoms with Crippen LogP contribution in [0.2, 0.25) is 0 Å². The van der Waals surface area contributed by atoms with E-state index in [1.807, 2.05) is 0 Å². The Hall–Kier alpha value is -0.0400.